The van der Waals surface area contributed by atoms with E-state index in [1.54, 1.807) is 24.3 Å². The Balaban J connectivity index is 1.60. The fraction of sp³-hybridized carbons (Fsp3) is 0.321. The average molecular weight is 495 g/mol. The lowest BCUT2D eigenvalue weighted by molar-refractivity contribution is 0.0953. The predicted molar refractivity (Wildman–Crippen MR) is 142 cm³/mol. The van der Waals surface area contributed by atoms with E-state index in [-0.39, 0.29) is 12.5 Å². The molecule has 0 aliphatic rings. The Labute approximate surface area is 209 Å². The highest BCUT2D eigenvalue weighted by molar-refractivity contribution is 7.92. The topological polar surface area (TPSA) is 75.7 Å². The lowest BCUT2D eigenvalue weighted by Gasteiger charge is -2.26. The molecule has 186 valence electrons. The first-order valence-corrected chi connectivity index (χ1v) is 13.7. The molecule has 3 aromatic rings. The van der Waals surface area contributed by atoms with Gasteiger partial charge >= 0.3 is 0 Å². The summed E-state index contributed by atoms with van der Waals surface area (Å²) in [4.78, 5) is 12.6. The van der Waals surface area contributed by atoms with Crippen molar-refractivity contribution in [2.75, 3.05) is 23.7 Å². The van der Waals surface area contributed by atoms with Crippen LogP contribution in [0.3, 0.4) is 0 Å². The second-order valence-electron chi connectivity index (χ2n) is 8.61. The van der Waals surface area contributed by atoms with Crippen molar-refractivity contribution in [1.29, 1.82) is 0 Å². The molecule has 0 fully saturated rings. The third kappa shape index (κ3) is 7.09. The SMILES string of the molecule is CCOc1ccccc1CCCNC(=O)c1ccc(CN(c2c(C)cccc2C)S(C)(=O)=O)cc1. The van der Waals surface area contributed by atoms with Crippen molar-refractivity contribution in [3.05, 3.63) is 94.5 Å². The van der Waals surface area contributed by atoms with Gasteiger partial charge in [-0.3, -0.25) is 9.10 Å². The number of nitrogens with zero attached hydrogens (tertiary/aromatic N) is 1. The third-order valence-electron chi connectivity index (χ3n) is 5.81. The molecule has 3 rings (SSSR count). The van der Waals surface area contributed by atoms with Crippen molar-refractivity contribution in [3.63, 3.8) is 0 Å². The number of ether oxygens (including phenoxy) is 1. The molecule has 35 heavy (non-hydrogen) atoms. The molecule has 3 aromatic carbocycles. The molecule has 0 radical (unpaired) electrons. The maximum atomic E-state index is 12.6. The molecule has 0 atom stereocenters. The van der Waals surface area contributed by atoms with Crippen molar-refractivity contribution in [2.45, 2.75) is 40.2 Å². The first-order chi connectivity index (χ1) is 16.7. The molecule has 0 heterocycles. The Morgan fingerprint density at radius 1 is 0.943 bits per heavy atom. The van der Waals surface area contributed by atoms with E-state index in [0.29, 0.717) is 24.4 Å². The van der Waals surface area contributed by atoms with E-state index in [0.717, 1.165) is 40.8 Å². The molecular weight excluding hydrogens is 460 g/mol. The van der Waals surface area contributed by atoms with Gasteiger partial charge in [0.25, 0.3) is 5.91 Å². The lowest BCUT2D eigenvalue weighted by atomic mass is 10.1. The van der Waals surface area contributed by atoms with E-state index in [1.165, 1.54) is 10.6 Å². The molecule has 7 heteroatoms. The number of nitrogens with one attached hydrogen (secondary N) is 1. The van der Waals surface area contributed by atoms with Gasteiger partial charge in [0, 0.05) is 12.1 Å². The number of hydrogen-bond acceptors (Lipinski definition) is 4. The van der Waals surface area contributed by atoms with Crippen LogP contribution in [0.1, 0.15) is 46.0 Å². The van der Waals surface area contributed by atoms with Gasteiger partial charge in [-0.2, -0.15) is 0 Å². The van der Waals surface area contributed by atoms with Gasteiger partial charge < -0.3 is 10.1 Å². The minimum Gasteiger partial charge on any atom is -0.494 e. The number of aryl methyl sites for hydroxylation is 3. The smallest absolute Gasteiger partial charge is 0.251 e. The van der Waals surface area contributed by atoms with E-state index in [2.05, 4.69) is 5.32 Å². The van der Waals surface area contributed by atoms with E-state index in [4.69, 9.17) is 4.74 Å². The van der Waals surface area contributed by atoms with Crippen LogP contribution in [0.2, 0.25) is 0 Å². The molecule has 0 aliphatic heterocycles. The standard InChI is InChI=1S/C28H34N2O4S/c1-5-34-26-14-7-6-12-24(26)13-9-19-29-28(31)25-17-15-23(16-18-25)20-30(35(4,32)33)27-21(2)10-8-11-22(27)3/h6-8,10-12,14-18H,5,9,13,19-20H2,1-4H3,(H,29,31). The number of amides is 1. The molecule has 0 aliphatic carbocycles. The van der Waals surface area contributed by atoms with Crippen LogP contribution in [0.25, 0.3) is 0 Å². The first-order valence-electron chi connectivity index (χ1n) is 11.8. The zero-order valence-corrected chi connectivity index (χ0v) is 21.7. The van der Waals surface area contributed by atoms with Crippen LogP contribution in [0.4, 0.5) is 5.69 Å². The van der Waals surface area contributed by atoms with Crippen molar-refractivity contribution >= 4 is 21.6 Å². The Hall–Kier alpha value is -3.32. The number of para-hydroxylation sites is 2. The monoisotopic (exact) mass is 494 g/mol. The van der Waals surface area contributed by atoms with Crippen LogP contribution in [-0.4, -0.2) is 33.7 Å². The molecule has 0 saturated heterocycles. The number of hydrogen-bond donors (Lipinski definition) is 1. The van der Waals surface area contributed by atoms with Crippen molar-refractivity contribution < 1.29 is 17.9 Å². The number of sulfonamides is 1. The summed E-state index contributed by atoms with van der Waals surface area (Å²) in [6.45, 7) is 7.15. The molecule has 1 amide bonds. The van der Waals surface area contributed by atoms with Gasteiger partial charge in [0.1, 0.15) is 5.75 Å². The summed E-state index contributed by atoms with van der Waals surface area (Å²) in [6.07, 6.45) is 2.83. The number of carbonyl (C=O) groups excluding carboxylic acids is 1. The molecule has 0 saturated carbocycles. The van der Waals surface area contributed by atoms with Gasteiger partial charge in [-0.1, -0.05) is 48.5 Å². The quantitative estimate of drug-likeness (QED) is 0.379. The number of anilines is 1. The largest absolute Gasteiger partial charge is 0.494 e. The molecule has 0 spiro atoms. The highest BCUT2D eigenvalue weighted by Crippen LogP contribution is 2.28. The fourth-order valence-electron chi connectivity index (χ4n) is 4.08. The summed E-state index contributed by atoms with van der Waals surface area (Å²) >= 11 is 0. The second kappa shape index (κ2) is 11.9. The number of carbonyl (C=O) groups is 1. The van der Waals surface area contributed by atoms with Gasteiger partial charge in [0.05, 0.1) is 25.1 Å². The first kappa shape index (κ1) is 26.3. The Morgan fingerprint density at radius 2 is 1.60 bits per heavy atom. The van der Waals surface area contributed by atoms with Crippen LogP contribution in [0.15, 0.2) is 66.7 Å². The molecule has 6 nitrogen and oxygen atoms in total. The zero-order chi connectivity index (χ0) is 25.4. The lowest BCUT2D eigenvalue weighted by Crippen LogP contribution is -2.30. The summed E-state index contributed by atoms with van der Waals surface area (Å²) in [6, 6.07) is 20.8. The Bertz CT molecular complexity index is 1230. The van der Waals surface area contributed by atoms with Crippen LogP contribution >= 0.6 is 0 Å². The van der Waals surface area contributed by atoms with E-state index in [9.17, 15) is 13.2 Å². The highest BCUT2D eigenvalue weighted by atomic mass is 32.2. The van der Waals surface area contributed by atoms with Gasteiger partial charge in [0.2, 0.25) is 10.0 Å². The fourth-order valence-corrected chi connectivity index (χ4v) is 5.08. The third-order valence-corrected chi connectivity index (χ3v) is 6.92. The zero-order valence-electron chi connectivity index (χ0n) is 20.9. The van der Waals surface area contributed by atoms with Crippen molar-refractivity contribution in [1.82, 2.24) is 5.32 Å². The molecule has 0 aromatic heterocycles. The number of rotatable bonds is 11. The molecule has 1 N–H and O–H groups in total. The highest BCUT2D eigenvalue weighted by Gasteiger charge is 2.21. The summed E-state index contributed by atoms with van der Waals surface area (Å²) in [5.74, 6) is 0.741. The normalized spacial score (nSPS) is 11.2. The van der Waals surface area contributed by atoms with Gasteiger partial charge in [0.15, 0.2) is 0 Å². The predicted octanol–water partition coefficient (Wildman–Crippen LogP) is 5.03. The summed E-state index contributed by atoms with van der Waals surface area (Å²) in [5.41, 5.74) is 4.98. The van der Waals surface area contributed by atoms with Gasteiger partial charge in [-0.05, 0) is 74.1 Å². The molecule has 0 bridgehead atoms. The van der Waals surface area contributed by atoms with Crippen LogP contribution in [0, 0.1) is 13.8 Å². The second-order valence-corrected chi connectivity index (χ2v) is 10.5. The van der Waals surface area contributed by atoms with E-state index < -0.39 is 10.0 Å². The average Bonchev–Trinajstić information content (AvgIpc) is 2.82. The van der Waals surface area contributed by atoms with Crippen LogP contribution < -0.4 is 14.4 Å². The van der Waals surface area contributed by atoms with Crippen molar-refractivity contribution in [3.8, 4) is 5.75 Å². The Kier molecular flexibility index (Phi) is 8.93. The molecule has 0 unspecified atom stereocenters. The minimum atomic E-state index is -3.49. The summed E-state index contributed by atoms with van der Waals surface area (Å²) < 4.78 is 32.2. The summed E-state index contributed by atoms with van der Waals surface area (Å²) in [5, 5.41) is 2.96. The van der Waals surface area contributed by atoms with Crippen LogP contribution in [0.5, 0.6) is 5.75 Å². The molecular formula is C28H34N2O4S. The van der Waals surface area contributed by atoms with E-state index >= 15 is 0 Å². The minimum absolute atomic E-state index is 0.149. The van der Waals surface area contributed by atoms with Gasteiger partial charge in [-0.25, -0.2) is 8.42 Å². The van der Waals surface area contributed by atoms with Crippen LogP contribution in [-0.2, 0) is 23.0 Å². The maximum absolute atomic E-state index is 12.6. The maximum Gasteiger partial charge on any atom is 0.251 e. The van der Waals surface area contributed by atoms with Gasteiger partial charge in [-0.15, -0.1) is 0 Å². The Morgan fingerprint density at radius 3 is 2.23 bits per heavy atom. The number of benzene rings is 3. The van der Waals surface area contributed by atoms with Crippen molar-refractivity contribution in [2.24, 2.45) is 0 Å². The van der Waals surface area contributed by atoms with E-state index in [1.807, 2.05) is 63.2 Å². The summed E-state index contributed by atoms with van der Waals surface area (Å²) in [7, 11) is -3.49.